The predicted octanol–water partition coefficient (Wildman–Crippen LogP) is 5.02. The molecule has 1 aromatic carbocycles. The predicted molar refractivity (Wildman–Crippen MR) is 85.8 cm³/mol. The number of halogens is 3. The molecule has 0 aliphatic carbocycles. The normalized spacial score (nSPS) is 10.4. The van der Waals surface area contributed by atoms with Gasteiger partial charge in [-0.3, -0.25) is 4.79 Å². The van der Waals surface area contributed by atoms with Crippen LogP contribution in [0.3, 0.4) is 0 Å². The summed E-state index contributed by atoms with van der Waals surface area (Å²) in [4.78, 5) is 16.2. The van der Waals surface area contributed by atoms with E-state index < -0.39 is 0 Å². The molecule has 0 saturated heterocycles. The topological polar surface area (TPSA) is 42.0 Å². The van der Waals surface area contributed by atoms with E-state index in [1.165, 1.54) is 6.07 Å². The van der Waals surface area contributed by atoms with Crippen LogP contribution in [-0.2, 0) is 0 Å². The molecule has 2 rings (SSSR count). The summed E-state index contributed by atoms with van der Waals surface area (Å²) in [5.74, 6) is -0.383. The van der Waals surface area contributed by atoms with Gasteiger partial charge in [0.2, 0.25) is 0 Å². The lowest BCUT2D eigenvalue weighted by molar-refractivity contribution is 0.102. The van der Waals surface area contributed by atoms with Crippen LogP contribution in [0.2, 0.25) is 10.2 Å². The van der Waals surface area contributed by atoms with Crippen LogP contribution >= 0.6 is 39.1 Å². The Balaban J connectivity index is 2.35. The highest BCUT2D eigenvalue weighted by Crippen LogP contribution is 2.26. The number of carbonyl (C=O) groups is 1. The van der Waals surface area contributed by atoms with Gasteiger partial charge in [-0.1, -0.05) is 39.1 Å². The zero-order valence-corrected chi connectivity index (χ0v) is 13.9. The van der Waals surface area contributed by atoms with Gasteiger partial charge in [0, 0.05) is 10.2 Å². The molecule has 1 heterocycles. The number of rotatable bonds is 2. The van der Waals surface area contributed by atoms with Crippen molar-refractivity contribution in [3.63, 3.8) is 0 Å². The van der Waals surface area contributed by atoms with Crippen molar-refractivity contribution in [1.82, 2.24) is 4.98 Å². The smallest absolute Gasteiger partial charge is 0.275 e. The fourth-order valence-corrected chi connectivity index (χ4v) is 2.88. The van der Waals surface area contributed by atoms with Gasteiger partial charge in [0.15, 0.2) is 0 Å². The van der Waals surface area contributed by atoms with Crippen molar-refractivity contribution in [3.8, 4) is 0 Å². The number of benzene rings is 1. The Morgan fingerprint density at radius 3 is 2.40 bits per heavy atom. The SMILES string of the molecule is Cc1cc(Br)cc(C)c1NC(=O)c1nc(Cl)ccc1Cl. The highest BCUT2D eigenvalue weighted by molar-refractivity contribution is 9.10. The second kappa shape index (κ2) is 6.12. The van der Waals surface area contributed by atoms with Crippen molar-refractivity contribution in [2.45, 2.75) is 13.8 Å². The zero-order valence-electron chi connectivity index (χ0n) is 10.8. The van der Waals surface area contributed by atoms with Gasteiger partial charge < -0.3 is 5.32 Å². The summed E-state index contributed by atoms with van der Waals surface area (Å²) in [6.07, 6.45) is 0. The van der Waals surface area contributed by atoms with E-state index in [0.717, 1.165) is 21.3 Å². The Kier molecular flexibility index (Phi) is 4.68. The van der Waals surface area contributed by atoms with Gasteiger partial charge in [-0.15, -0.1) is 0 Å². The number of hydrogen-bond donors (Lipinski definition) is 1. The molecule has 0 fully saturated rings. The van der Waals surface area contributed by atoms with E-state index in [1.807, 2.05) is 26.0 Å². The maximum Gasteiger partial charge on any atom is 0.275 e. The number of carbonyl (C=O) groups excluding carboxylic acids is 1. The third-order valence-electron chi connectivity index (χ3n) is 2.76. The molecule has 104 valence electrons. The standard InChI is InChI=1S/C14H11BrCl2N2O/c1-7-5-9(15)6-8(2)12(7)19-14(20)13-10(16)3-4-11(17)18-13/h3-6H,1-2H3,(H,19,20). The van der Waals surface area contributed by atoms with Crippen LogP contribution in [0.5, 0.6) is 0 Å². The van der Waals surface area contributed by atoms with E-state index in [9.17, 15) is 4.79 Å². The van der Waals surface area contributed by atoms with Crippen LogP contribution in [0.1, 0.15) is 21.6 Å². The average molecular weight is 374 g/mol. The first-order valence-electron chi connectivity index (χ1n) is 5.78. The Bertz CT molecular complexity index is 666. The second-order valence-electron chi connectivity index (χ2n) is 4.33. The van der Waals surface area contributed by atoms with E-state index in [4.69, 9.17) is 23.2 Å². The molecule has 0 bridgehead atoms. The number of anilines is 1. The first-order valence-corrected chi connectivity index (χ1v) is 7.33. The molecular formula is C14H11BrCl2N2O. The quantitative estimate of drug-likeness (QED) is 0.751. The summed E-state index contributed by atoms with van der Waals surface area (Å²) in [5, 5.41) is 3.31. The largest absolute Gasteiger partial charge is 0.320 e. The van der Waals surface area contributed by atoms with Crippen LogP contribution in [0.25, 0.3) is 0 Å². The molecule has 0 spiro atoms. The Morgan fingerprint density at radius 1 is 1.20 bits per heavy atom. The lowest BCUT2D eigenvalue weighted by Crippen LogP contribution is -2.16. The summed E-state index contributed by atoms with van der Waals surface area (Å²) in [5.41, 5.74) is 2.75. The number of nitrogens with zero attached hydrogens (tertiary/aromatic N) is 1. The van der Waals surface area contributed by atoms with Crippen molar-refractivity contribution >= 4 is 50.7 Å². The van der Waals surface area contributed by atoms with Gasteiger partial charge in [-0.25, -0.2) is 4.98 Å². The van der Waals surface area contributed by atoms with Crippen molar-refractivity contribution in [1.29, 1.82) is 0 Å². The van der Waals surface area contributed by atoms with Gasteiger partial charge >= 0.3 is 0 Å². The van der Waals surface area contributed by atoms with E-state index in [2.05, 4.69) is 26.2 Å². The first kappa shape index (κ1) is 15.3. The molecule has 0 radical (unpaired) electrons. The molecule has 0 aliphatic heterocycles. The first-order chi connectivity index (χ1) is 9.38. The summed E-state index contributed by atoms with van der Waals surface area (Å²) < 4.78 is 0.962. The van der Waals surface area contributed by atoms with Crippen LogP contribution in [0.15, 0.2) is 28.7 Å². The molecule has 2 aromatic rings. The highest BCUT2D eigenvalue weighted by atomic mass is 79.9. The summed E-state index contributed by atoms with van der Waals surface area (Å²) in [7, 11) is 0. The molecule has 0 atom stereocenters. The fourth-order valence-electron chi connectivity index (χ4n) is 1.86. The zero-order chi connectivity index (χ0) is 14.9. The molecule has 1 N–H and O–H groups in total. The van der Waals surface area contributed by atoms with E-state index in [0.29, 0.717) is 0 Å². The van der Waals surface area contributed by atoms with E-state index in [-0.39, 0.29) is 21.8 Å². The van der Waals surface area contributed by atoms with Crippen molar-refractivity contribution < 1.29 is 4.79 Å². The van der Waals surface area contributed by atoms with Gasteiger partial charge in [-0.2, -0.15) is 0 Å². The number of nitrogens with one attached hydrogen (secondary N) is 1. The summed E-state index contributed by atoms with van der Waals surface area (Å²) in [6.45, 7) is 3.83. The summed E-state index contributed by atoms with van der Waals surface area (Å²) in [6, 6.07) is 6.94. The van der Waals surface area contributed by atoms with Crippen LogP contribution < -0.4 is 5.32 Å². The van der Waals surface area contributed by atoms with Crippen molar-refractivity contribution in [3.05, 3.63) is 55.7 Å². The molecular weight excluding hydrogens is 363 g/mol. The maximum atomic E-state index is 12.2. The maximum absolute atomic E-state index is 12.2. The van der Waals surface area contributed by atoms with Crippen LogP contribution in [0, 0.1) is 13.8 Å². The van der Waals surface area contributed by atoms with E-state index in [1.54, 1.807) is 6.07 Å². The molecule has 0 unspecified atom stereocenters. The molecule has 3 nitrogen and oxygen atoms in total. The van der Waals surface area contributed by atoms with Gasteiger partial charge in [0.05, 0.1) is 5.02 Å². The molecule has 1 aromatic heterocycles. The fraction of sp³-hybridized carbons (Fsp3) is 0.143. The highest BCUT2D eigenvalue weighted by Gasteiger charge is 2.15. The van der Waals surface area contributed by atoms with E-state index >= 15 is 0 Å². The molecule has 0 saturated carbocycles. The lowest BCUT2D eigenvalue weighted by Gasteiger charge is -2.12. The van der Waals surface area contributed by atoms with Crippen molar-refractivity contribution in [2.24, 2.45) is 0 Å². The Morgan fingerprint density at radius 2 is 1.80 bits per heavy atom. The minimum absolute atomic E-state index is 0.112. The Hall–Kier alpha value is -1.10. The molecule has 0 aliphatic rings. The summed E-state index contributed by atoms with van der Waals surface area (Å²) >= 11 is 15.2. The van der Waals surface area contributed by atoms with Gasteiger partial charge in [0.25, 0.3) is 5.91 Å². The van der Waals surface area contributed by atoms with Crippen LogP contribution in [-0.4, -0.2) is 10.9 Å². The van der Waals surface area contributed by atoms with Gasteiger partial charge in [-0.05, 0) is 49.2 Å². The molecule has 1 amide bonds. The molecule has 6 heteroatoms. The number of pyridine rings is 1. The third-order valence-corrected chi connectivity index (χ3v) is 3.74. The van der Waals surface area contributed by atoms with Crippen molar-refractivity contribution in [2.75, 3.05) is 5.32 Å². The lowest BCUT2D eigenvalue weighted by atomic mass is 10.1. The third kappa shape index (κ3) is 3.32. The Labute approximate surface area is 135 Å². The molecule has 20 heavy (non-hydrogen) atoms. The number of aromatic nitrogens is 1. The minimum Gasteiger partial charge on any atom is -0.320 e. The average Bonchev–Trinajstić information content (AvgIpc) is 2.36. The minimum atomic E-state index is -0.383. The van der Waals surface area contributed by atoms with Gasteiger partial charge in [0.1, 0.15) is 10.8 Å². The second-order valence-corrected chi connectivity index (χ2v) is 6.04. The van der Waals surface area contributed by atoms with Crippen LogP contribution in [0.4, 0.5) is 5.69 Å². The number of hydrogen-bond acceptors (Lipinski definition) is 2. The number of amides is 1. The number of aryl methyl sites for hydroxylation is 2. The monoisotopic (exact) mass is 372 g/mol.